The van der Waals surface area contributed by atoms with E-state index in [0.717, 1.165) is 31.2 Å². The first-order chi connectivity index (χ1) is 11.7. The molecule has 0 unspecified atom stereocenters. The summed E-state index contributed by atoms with van der Waals surface area (Å²) in [5.74, 6) is 0. The van der Waals surface area contributed by atoms with E-state index >= 15 is 0 Å². The second-order valence-corrected chi connectivity index (χ2v) is 7.14. The predicted molar refractivity (Wildman–Crippen MR) is 81.9 cm³/mol. The molecular weight excluding hydrogens is 339 g/mol. The summed E-state index contributed by atoms with van der Waals surface area (Å²) in [5.41, 5.74) is 1.25. The van der Waals surface area contributed by atoms with Gasteiger partial charge in [0.1, 0.15) is 0 Å². The number of aromatic nitrogens is 2. The van der Waals surface area contributed by atoms with Gasteiger partial charge in [0, 0.05) is 19.3 Å². The number of hydrogen-bond acceptors (Lipinski definition) is 4. The second kappa shape index (κ2) is 6.51. The fourth-order valence-corrected chi connectivity index (χ4v) is 3.74. The number of alkyl halides is 3. The number of aliphatic hydroxyl groups is 1. The largest absolute Gasteiger partial charge is 0.434 e. The number of likely N-dealkylation sites (tertiary alicyclic amines) is 1. The van der Waals surface area contributed by atoms with Crippen LogP contribution in [0.4, 0.5) is 18.0 Å². The van der Waals surface area contributed by atoms with E-state index in [4.69, 9.17) is 5.11 Å². The van der Waals surface area contributed by atoms with Crippen molar-refractivity contribution in [3.8, 4) is 0 Å². The quantitative estimate of drug-likeness (QED) is 0.899. The van der Waals surface area contributed by atoms with Crippen LogP contribution in [-0.4, -0.2) is 57.9 Å². The van der Waals surface area contributed by atoms with Crippen molar-refractivity contribution in [2.24, 2.45) is 5.41 Å². The first-order valence-electron chi connectivity index (χ1n) is 8.36. The van der Waals surface area contributed by atoms with Crippen LogP contribution in [0.5, 0.6) is 0 Å². The highest BCUT2D eigenvalue weighted by Gasteiger charge is 2.48. The van der Waals surface area contributed by atoms with Crippen LogP contribution < -0.4 is 0 Å². The summed E-state index contributed by atoms with van der Waals surface area (Å²) in [4.78, 5) is 13.2. The minimum absolute atomic E-state index is 0.141. The Balaban J connectivity index is 1.48. The van der Waals surface area contributed by atoms with E-state index in [9.17, 15) is 18.0 Å². The first kappa shape index (κ1) is 18.0. The Labute approximate surface area is 143 Å². The maximum absolute atomic E-state index is 12.6. The summed E-state index contributed by atoms with van der Waals surface area (Å²) in [7, 11) is 0. The van der Waals surface area contributed by atoms with Crippen LogP contribution in [0.2, 0.25) is 0 Å². The van der Waals surface area contributed by atoms with Gasteiger partial charge in [0.2, 0.25) is 6.10 Å². The molecule has 9 heteroatoms. The molecule has 1 amide bonds. The van der Waals surface area contributed by atoms with Gasteiger partial charge in [-0.2, -0.15) is 18.3 Å². The Bertz CT molecular complexity index is 616. The molecule has 1 aromatic heterocycles. The molecular formula is C16H22F3N3O3. The lowest BCUT2D eigenvalue weighted by Crippen LogP contribution is -2.50. The fourth-order valence-electron chi connectivity index (χ4n) is 3.74. The fraction of sp³-hybridized carbons (Fsp3) is 0.750. The van der Waals surface area contributed by atoms with Gasteiger partial charge in [0.05, 0.1) is 18.8 Å². The molecule has 0 radical (unpaired) electrons. The lowest BCUT2D eigenvalue weighted by Gasteiger charge is -2.51. The molecule has 1 saturated carbocycles. The van der Waals surface area contributed by atoms with Crippen LogP contribution in [0, 0.1) is 12.3 Å². The molecule has 6 nitrogen and oxygen atoms in total. The molecule has 0 bridgehead atoms. The summed E-state index contributed by atoms with van der Waals surface area (Å²) in [6, 6.07) is 0.358. The molecule has 1 aromatic rings. The second-order valence-electron chi connectivity index (χ2n) is 7.14. The Morgan fingerprint density at radius 2 is 2.08 bits per heavy atom. The number of amides is 1. The van der Waals surface area contributed by atoms with Gasteiger partial charge >= 0.3 is 12.3 Å². The number of carbonyl (C=O) groups is 1. The van der Waals surface area contributed by atoms with Crippen molar-refractivity contribution < 1.29 is 27.8 Å². The Kier molecular flexibility index (Phi) is 4.70. The average molecular weight is 361 g/mol. The van der Waals surface area contributed by atoms with Gasteiger partial charge in [-0.25, -0.2) is 4.79 Å². The number of aliphatic hydroxyl groups excluding tert-OH is 1. The van der Waals surface area contributed by atoms with Crippen LogP contribution in [0.3, 0.4) is 0 Å². The monoisotopic (exact) mass is 361 g/mol. The first-order valence-corrected chi connectivity index (χ1v) is 8.36. The van der Waals surface area contributed by atoms with Crippen LogP contribution in [0.1, 0.15) is 37.3 Å². The van der Waals surface area contributed by atoms with Gasteiger partial charge in [0.15, 0.2) is 0 Å². The van der Waals surface area contributed by atoms with Crippen LogP contribution >= 0.6 is 0 Å². The number of ether oxygens (including phenoxy) is 1. The molecule has 2 aliphatic rings. The molecule has 2 fully saturated rings. The van der Waals surface area contributed by atoms with Gasteiger partial charge in [-0.1, -0.05) is 0 Å². The third-order valence-corrected chi connectivity index (χ3v) is 5.30. The molecule has 0 aromatic carbocycles. The third kappa shape index (κ3) is 3.75. The maximum atomic E-state index is 12.6. The van der Waals surface area contributed by atoms with E-state index in [-0.39, 0.29) is 5.41 Å². The van der Waals surface area contributed by atoms with E-state index in [1.165, 1.54) is 4.90 Å². The summed E-state index contributed by atoms with van der Waals surface area (Å²) < 4.78 is 44.1. The highest BCUT2D eigenvalue weighted by atomic mass is 19.4. The molecule has 1 N–H and O–H groups in total. The lowest BCUT2D eigenvalue weighted by atomic mass is 9.60. The maximum Gasteiger partial charge on any atom is 0.427 e. The van der Waals surface area contributed by atoms with Gasteiger partial charge < -0.3 is 14.7 Å². The van der Waals surface area contributed by atoms with E-state index in [2.05, 4.69) is 9.84 Å². The van der Waals surface area contributed by atoms with E-state index in [1.807, 2.05) is 24.0 Å². The molecule has 25 heavy (non-hydrogen) atoms. The molecule has 1 aliphatic heterocycles. The highest BCUT2D eigenvalue weighted by Crippen LogP contribution is 2.54. The highest BCUT2D eigenvalue weighted by molar-refractivity contribution is 5.68. The topological polar surface area (TPSA) is 67.6 Å². The number of aryl methyl sites for hydroxylation is 1. The molecule has 1 aliphatic carbocycles. The molecule has 3 rings (SSSR count). The molecule has 1 spiro atoms. The Hall–Kier alpha value is -1.77. The molecule has 1 atom stereocenters. The molecule has 1 saturated heterocycles. The van der Waals surface area contributed by atoms with E-state index in [0.29, 0.717) is 19.1 Å². The van der Waals surface area contributed by atoms with Crippen molar-refractivity contribution >= 4 is 6.09 Å². The van der Waals surface area contributed by atoms with Crippen molar-refractivity contribution in [2.45, 2.75) is 50.9 Å². The summed E-state index contributed by atoms with van der Waals surface area (Å²) in [5, 5.41) is 13.1. The van der Waals surface area contributed by atoms with E-state index < -0.39 is 25.0 Å². The van der Waals surface area contributed by atoms with Crippen molar-refractivity contribution in [2.75, 3.05) is 19.7 Å². The zero-order valence-electron chi connectivity index (χ0n) is 14.0. The standard InChI is InChI=1S/C16H22F3N3O3/c1-11-8-20-22(9-11)12-6-15(7-12)2-4-21(5-3-15)14(24)25-13(10-23)16(17,18)19/h8-9,12-13,23H,2-7,10H2,1H3/t13-/m1/s1. The molecule has 140 valence electrons. The number of carbonyl (C=O) groups excluding carboxylic acids is 1. The van der Waals surface area contributed by atoms with Crippen molar-refractivity contribution in [1.29, 1.82) is 0 Å². The lowest BCUT2D eigenvalue weighted by molar-refractivity contribution is -0.215. The smallest absolute Gasteiger partial charge is 0.427 e. The predicted octanol–water partition coefficient (Wildman–Crippen LogP) is 2.67. The van der Waals surface area contributed by atoms with Crippen LogP contribution in [-0.2, 0) is 4.74 Å². The summed E-state index contributed by atoms with van der Waals surface area (Å²) in [6.07, 6.45) is -0.972. The number of halogens is 3. The van der Waals surface area contributed by atoms with Crippen LogP contribution in [0.25, 0.3) is 0 Å². The number of nitrogens with zero attached hydrogens (tertiary/aromatic N) is 3. The van der Waals surface area contributed by atoms with E-state index in [1.54, 1.807) is 0 Å². The van der Waals surface area contributed by atoms with Crippen molar-refractivity contribution in [3.05, 3.63) is 18.0 Å². The normalized spacial score (nSPS) is 21.9. The van der Waals surface area contributed by atoms with Crippen molar-refractivity contribution in [3.63, 3.8) is 0 Å². The summed E-state index contributed by atoms with van der Waals surface area (Å²) >= 11 is 0. The van der Waals surface area contributed by atoms with Gasteiger partial charge in [-0.15, -0.1) is 0 Å². The zero-order chi connectivity index (χ0) is 18.2. The minimum Gasteiger partial charge on any atom is -0.434 e. The number of rotatable bonds is 3. The van der Waals surface area contributed by atoms with Crippen LogP contribution in [0.15, 0.2) is 12.4 Å². The molecule has 2 heterocycles. The van der Waals surface area contributed by atoms with Crippen molar-refractivity contribution in [1.82, 2.24) is 14.7 Å². The number of hydrogen-bond donors (Lipinski definition) is 1. The minimum atomic E-state index is -4.76. The van der Waals surface area contributed by atoms with Gasteiger partial charge in [0.25, 0.3) is 0 Å². The Morgan fingerprint density at radius 1 is 1.44 bits per heavy atom. The average Bonchev–Trinajstić information content (AvgIpc) is 2.95. The summed E-state index contributed by atoms with van der Waals surface area (Å²) in [6.45, 7) is 1.47. The zero-order valence-corrected chi connectivity index (χ0v) is 14.0. The van der Waals surface area contributed by atoms with Gasteiger partial charge in [-0.3, -0.25) is 4.68 Å². The van der Waals surface area contributed by atoms with Gasteiger partial charge in [-0.05, 0) is 43.6 Å². The Morgan fingerprint density at radius 3 is 2.56 bits per heavy atom. The number of piperidine rings is 1. The SMILES string of the molecule is Cc1cnn(C2CC3(CCN(C(=O)O[C@H](CO)C(F)(F)F)CC3)C2)c1. The third-order valence-electron chi connectivity index (χ3n) is 5.30.